The number of fused-ring (bicyclic) bond motifs is 1. The lowest BCUT2D eigenvalue weighted by Crippen LogP contribution is -2.34. The Kier molecular flexibility index (Phi) is 6.44. The molecule has 0 saturated heterocycles. The Morgan fingerprint density at radius 3 is 2.78 bits per heavy atom. The van der Waals surface area contributed by atoms with Crippen LogP contribution in [0.5, 0.6) is 0 Å². The summed E-state index contributed by atoms with van der Waals surface area (Å²) in [5.41, 5.74) is 2.27. The Morgan fingerprint density at radius 1 is 1.26 bits per heavy atom. The van der Waals surface area contributed by atoms with Crippen molar-refractivity contribution in [3.05, 3.63) is 58.5 Å². The molecule has 0 bridgehead atoms. The summed E-state index contributed by atoms with van der Waals surface area (Å²) in [6.45, 7) is 7.68. The van der Waals surface area contributed by atoms with E-state index >= 15 is 0 Å². The minimum Gasteiger partial charge on any atom is -0.469 e. The minimum absolute atomic E-state index is 0.225. The lowest BCUT2D eigenvalue weighted by atomic mass is 9.83. The number of unbranched alkanes of at least 4 members (excludes halogenated alkanes) is 1. The molecule has 0 radical (unpaired) electrons. The second-order valence-electron chi connectivity index (χ2n) is 8.31. The van der Waals surface area contributed by atoms with Crippen molar-refractivity contribution >= 4 is 17.4 Å². The normalized spacial score (nSPS) is 16.1. The first-order chi connectivity index (χ1) is 12.9. The molecule has 2 heterocycles. The van der Waals surface area contributed by atoms with E-state index in [4.69, 9.17) is 16.0 Å². The van der Waals surface area contributed by atoms with E-state index in [1.54, 1.807) is 13.2 Å². The van der Waals surface area contributed by atoms with Crippen molar-refractivity contribution in [3.63, 3.8) is 0 Å². The van der Waals surface area contributed by atoms with Gasteiger partial charge in [-0.2, -0.15) is 0 Å². The SMILES string of the molecule is CC(=O)C(C)(C)CCCCC(c1ccccc1Cl)N1CCc2occc2C1. The Balaban J connectivity index is 1.70. The van der Waals surface area contributed by atoms with Gasteiger partial charge in [-0.15, -0.1) is 0 Å². The molecule has 1 unspecified atom stereocenters. The molecular formula is C23H30ClNO2. The fourth-order valence-electron chi connectivity index (χ4n) is 3.90. The highest BCUT2D eigenvalue weighted by molar-refractivity contribution is 6.31. The molecule has 1 aliphatic rings. The zero-order valence-electron chi connectivity index (χ0n) is 16.6. The average Bonchev–Trinajstić information content (AvgIpc) is 3.10. The number of halogens is 1. The largest absolute Gasteiger partial charge is 0.469 e. The topological polar surface area (TPSA) is 33.5 Å². The number of hydrogen-bond acceptors (Lipinski definition) is 3. The van der Waals surface area contributed by atoms with Gasteiger partial charge in [0.15, 0.2) is 0 Å². The quantitative estimate of drug-likeness (QED) is 0.505. The summed E-state index contributed by atoms with van der Waals surface area (Å²) in [7, 11) is 0. The number of rotatable bonds is 8. The van der Waals surface area contributed by atoms with Gasteiger partial charge < -0.3 is 4.42 Å². The summed E-state index contributed by atoms with van der Waals surface area (Å²) in [5.74, 6) is 1.39. The van der Waals surface area contributed by atoms with Crippen molar-refractivity contribution < 1.29 is 9.21 Å². The lowest BCUT2D eigenvalue weighted by molar-refractivity contribution is -0.125. The van der Waals surface area contributed by atoms with Crippen molar-refractivity contribution in [2.75, 3.05) is 6.54 Å². The molecule has 4 heteroatoms. The molecule has 0 fully saturated rings. The molecule has 1 aromatic carbocycles. The van der Waals surface area contributed by atoms with E-state index in [0.29, 0.717) is 6.04 Å². The third kappa shape index (κ3) is 4.83. The first-order valence-electron chi connectivity index (χ1n) is 9.93. The van der Waals surface area contributed by atoms with Gasteiger partial charge in [-0.05, 0) is 37.5 Å². The van der Waals surface area contributed by atoms with Crippen molar-refractivity contribution in [1.82, 2.24) is 4.90 Å². The van der Waals surface area contributed by atoms with Gasteiger partial charge in [-0.25, -0.2) is 0 Å². The first-order valence-corrected chi connectivity index (χ1v) is 10.3. The Morgan fingerprint density at radius 2 is 2.04 bits per heavy atom. The molecule has 0 saturated carbocycles. The van der Waals surface area contributed by atoms with Crippen molar-refractivity contribution in [1.29, 1.82) is 0 Å². The first kappa shape index (κ1) is 20.2. The van der Waals surface area contributed by atoms with Gasteiger partial charge >= 0.3 is 0 Å². The number of hydrogen-bond donors (Lipinski definition) is 0. The van der Waals surface area contributed by atoms with Crippen LogP contribution in [0.25, 0.3) is 0 Å². The molecule has 0 N–H and O–H groups in total. The predicted octanol–water partition coefficient (Wildman–Crippen LogP) is 6.21. The molecule has 2 aromatic rings. The van der Waals surface area contributed by atoms with E-state index in [9.17, 15) is 4.79 Å². The molecule has 1 atom stereocenters. The summed E-state index contributed by atoms with van der Waals surface area (Å²) >= 11 is 6.55. The molecule has 3 rings (SSSR count). The predicted molar refractivity (Wildman–Crippen MR) is 110 cm³/mol. The number of furan rings is 1. The summed E-state index contributed by atoms with van der Waals surface area (Å²) in [4.78, 5) is 14.3. The molecule has 0 spiro atoms. The van der Waals surface area contributed by atoms with Gasteiger partial charge in [0.1, 0.15) is 11.5 Å². The Bertz CT molecular complexity index is 780. The van der Waals surface area contributed by atoms with E-state index < -0.39 is 0 Å². The number of Topliss-reactive ketones (excluding diaryl/α,β-unsaturated/α-hetero) is 1. The summed E-state index contributed by atoms with van der Waals surface area (Å²) in [6.07, 6.45) is 6.86. The second kappa shape index (κ2) is 8.62. The third-order valence-electron chi connectivity index (χ3n) is 6.02. The van der Waals surface area contributed by atoms with Crippen LogP contribution < -0.4 is 0 Å². The average molecular weight is 388 g/mol. The van der Waals surface area contributed by atoms with Gasteiger partial charge in [0.05, 0.1) is 6.26 Å². The van der Waals surface area contributed by atoms with Gasteiger partial charge in [0.25, 0.3) is 0 Å². The third-order valence-corrected chi connectivity index (χ3v) is 6.37. The standard InChI is InChI=1S/C23H30ClNO2/c1-17(26)23(2,3)13-7-6-10-21(19-8-4-5-9-20(19)24)25-14-11-22-18(16-25)12-15-27-22/h4-5,8-9,12,15,21H,6-7,10-11,13-14,16H2,1-3H3. The number of carbonyl (C=O) groups excluding carboxylic acids is 1. The van der Waals surface area contributed by atoms with Crippen molar-refractivity contribution in [2.45, 2.75) is 65.5 Å². The zero-order chi connectivity index (χ0) is 19.4. The van der Waals surface area contributed by atoms with E-state index in [-0.39, 0.29) is 11.2 Å². The van der Waals surface area contributed by atoms with Crippen LogP contribution in [0.4, 0.5) is 0 Å². The maximum absolute atomic E-state index is 11.8. The highest BCUT2D eigenvalue weighted by atomic mass is 35.5. The number of benzene rings is 1. The molecule has 3 nitrogen and oxygen atoms in total. The number of nitrogens with zero attached hydrogens (tertiary/aromatic N) is 1. The maximum Gasteiger partial charge on any atom is 0.135 e. The number of ketones is 1. The Labute approximate surface area is 167 Å². The molecule has 27 heavy (non-hydrogen) atoms. The van der Waals surface area contributed by atoms with Gasteiger partial charge in [0, 0.05) is 41.6 Å². The minimum atomic E-state index is -0.225. The molecule has 1 aromatic heterocycles. The van der Waals surface area contributed by atoms with Crippen LogP contribution in [-0.2, 0) is 17.8 Å². The van der Waals surface area contributed by atoms with Gasteiger partial charge in [0.2, 0.25) is 0 Å². The highest BCUT2D eigenvalue weighted by Crippen LogP contribution is 2.36. The smallest absolute Gasteiger partial charge is 0.135 e. The summed E-state index contributed by atoms with van der Waals surface area (Å²) < 4.78 is 5.59. The van der Waals surface area contributed by atoms with Crippen LogP contribution in [0.3, 0.4) is 0 Å². The van der Waals surface area contributed by atoms with Crippen LogP contribution in [0.15, 0.2) is 41.0 Å². The molecule has 0 amide bonds. The van der Waals surface area contributed by atoms with Crippen molar-refractivity contribution in [3.8, 4) is 0 Å². The molecule has 1 aliphatic heterocycles. The van der Waals surface area contributed by atoms with E-state index in [1.807, 2.05) is 26.0 Å². The van der Waals surface area contributed by atoms with Crippen LogP contribution >= 0.6 is 11.6 Å². The van der Waals surface area contributed by atoms with Gasteiger partial charge in [-0.1, -0.05) is 56.5 Å². The van der Waals surface area contributed by atoms with E-state index in [2.05, 4.69) is 23.1 Å². The van der Waals surface area contributed by atoms with Crippen LogP contribution in [0.1, 0.15) is 69.4 Å². The summed E-state index contributed by atoms with van der Waals surface area (Å²) in [6, 6.07) is 10.6. The van der Waals surface area contributed by atoms with E-state index in [0.717, 1.165) is 56.0 Å². The zero-order valence-corrected chi connectivity index (χ0v) is 17.4. The van der Waals surface area contributed by atoms with E-state index in [1.165, 1.54) is 11.1 Å². The van der Waals surface area contributed by atoms with Gasteiger partial charge in [-0.3, -0.25) is 9.69 Å². The lowest BCUT2D eigenvalue weighted by Gasteiger charge is -2.35. The number of carbonyl (C=O) groups is 1. The maximum atomic E-state index is 11.8. The van der Waals surface area contributed by atoms with Crippen LogP contribution in [0, 0.1) is 5.41 Å². The fourth-order valence-corrected chi connectivity index (χ4v) is 4.16. The second-order valence-corrected chi connectivity index (χ2v) is 8.72. The summed E-state index contributed by atoms with van der Waals surface area (Å²) in [5, 5.41) is 0.838. The van der Waals surface area contributed by atoms with Crippen molar-refractivity contribution in [2.24, 2.45) is 5.41 Å². The fraction of sp³-hybridized carbons (Fsp3) is 0.522. The van der Waals surface area contributed by atoms with Crippen LogP contribution in [-0.4, -0.2) is 17.2 Å². The molecular weight excluding hydrogens is 358 g/mol. The molecule has 0 aliphatic carbocycles. The van der Waals surface area contributed by atoms with Crippen LogP contribution in [0.2, 0.25) is 5.02 Å². The Hall–Kier alpha value is -1.58. The molecule has 146 valence electrons. The monoisotopic (exact) mass is 387 g/mol. The highest BCUT2D eigenvalue weighted by Gasteiger charge is 2.28.